The van der Waals surface area contributed by atoms with Crippen LogP contribution >= 0.6 is 22.9 Å². The molecule has 4 atom stereocenters. The van der Waals surface area contributed by atoms with Crippen LogP contribution in [0.3, 0.4) is 0 Å². The molecule has 3 heterocycles. The highest BCUT2D eigenvalue weighted by atomic mass is 35.5. The van der Waals surface area contributed by atoms with Crippen LogP contribution in [0.1, 0.15) is 71.1 Å². The van der Waals surface area contributed by atoms with Gasteiger partial charge in [0.05, 0.1) is 27.1 Å². The number of halogens is 1. The van der Waals surface area contributed by atoms with Gasteiger partial charge in [-0.2, -0.15) is 0 Å². The molecule has 1 saturated heterocycles. The largest absolute Gasteiger partial charge is 0.391 e. The van der Waals surface area contributed by atoms with E-state index in [1.807, 2.05) is 48.5 Å². The van der Waals surface area contributed by atoms with E-state index in [2.05, 4.69) is 40.3 Å². The predicted molar refractivity (Wildman–Crippen MR) is 179 cm³/mol. The Hall–Kier alpha value is -3.31. The van der Waals surface area contributed by atoms with Gasteiger partial charge in [-0.15, -0.1) is 11.3 Å². The molecule has 1 aliphatic heterocycles. The van der Waals surface area contributed by atoms with Gasteiger partial charge in [-0.3, -0.25) is 0 Å². The Bertz CT molecular complexity index is 1880. The average molecular weight is 675 g/mol. The maximum Gasteiger partial charge on any atom is 0.176 e. The summed E-state index contributed by atoms with van der Waals surface area (Å²) >= 11 is 8.01. The highest BCUT2D eigenvalue weighted by molar-refractivity contribution is 7.90. The zero-order valence-corrected chi connectivity index (χ0v) is 27.7. The number of thiazole rings is 1. The molecule has 5 aromatic rings. The highest BCUT2D eigenvalue weighted by Gasteiger charge is 2.52. The minimum atomic E-state index is -3.47. The third-order valence-corrected chi connectivity index (χ3v) is 11.7. The Morgan fingerprint density at radius 1 is 1.00 bits per heavy atom. The molecule has 46 heavy (non-hydrogen) atoms. The van der Waals surface area contributed by atoms with Crippen LogP contribution in [0.25, 0.3) is 10.7 Å². The second kappa shape index (κ2) is 12.7. The zero-order valence-electron chi connectivity index (χ0n) is 25.3. The number of hydrogen-bond acceptors (Lipinski definition) is 7. The molecule has 2 N–H and O–H groups in total. The minimum Gasteiger partial charge on any atom is -0.391 e. The molecular formula is C36H35ClN2O5S2. The van der Waals surface area contributed by atoms with Gasteiger partial charge in [0.1, 0.15) is 17.2 Å². The van der Waals surface area contributed by atoms with Gasteiger partial charge >= 0.3 is 0 Å². The minimum absolute atomic E-state index is 0.0527. The molecule has 2 aromatic heterocycles. The van der Waals surface area contributed by atoms with Crippen molar-refractivity contribution in [1.29, 1.82) is 0 Å². The molecular weight excluding hydrogens is 640 g/mol. The van der Waals surface area contributed by atoms with Crippen molar-refractivity contribution in [1.82, 2.24) is 9.97 Å². The fourth-order valence-electron chi connectivity index (χ4n) is 6.92. The smallest absolute Gasteiger partial charge is 0.176 e. The van der Waals surface area contributed by atoms with Crippen molar-refractivity contribution < 1.29 is 23.0 Å². The molecule has 10 heteroatoms. The van der Waals surface area contributed by atoms with Crippen molar-refractivity contribution in [2.75, 3.05) is 6.26 Å². The first-order chi connectivity index (χ1) is 22.2. The summed E-state index contributed by atoms with van der Waals surface area (Å²) in [6.07, 6.45) is 5.66. The molecule has 4 unspecified atom stereocenters. The molecule has 0 bridgehead atoms. The van der Waals surface area contributed by atoms with Crippen molar-refractivity contribution in [2.45, 2.75) is 61.1 Å². The first-order valence-electron chi connectivity index (χ1n) is 15.4. The molecule has 2 fully saturated rings. The maximum atomic E-state index is 12.3. The Labute approximate surface area is 278 Å². The van der Waals surface area contributed by atoms with Crippen LogP contribution in [0.5, 0.6) is 0 Å². The third kappa shape index (κ3) is 6.32. The normalized spacial score (nSPS) is 23.7. The number of aliphatic hydroxyl groups is 1. The molecule has 1 saturated carbocycles. The summed E-state index contributed by atoms with van der Waals surface area (Å²) in [5.74, 6) is -0.512. The van der Waals surface area contributed by atoms with E-state index in [0.717, 1.165) is 63.6 Å². The Morgan fingerprint density at radius 3 is 2.26 bits per heavy atom. The quantitative estimate of drug-likeness (QED) is 0.163. The van der Waals surface area contributed by atoms with Gasteiger partial charge in [-0.05, 0) is 59.7 Å². The van der Waals surface area contributed by atoms with Crippen LogP contribution in [-0.2, 0) is 25.9 Å². The molecule has 0 radical (unpaired) electrons. The van der Waals surface area contributed by atoms with Crippen LogP contribution in [-0.4, -0.2) is 35.5 Å². The number of sulfone groups is 1. The number of nitrogens with zero attached hydrogens (tertiary/aromatic N) is 1. The molecule has 0 amide bonds. The van der Waals surface area contributed by atoms with Gasteiger partial charge in [0.25, 0.3) is 0 Å². The Morgan fingerprint density at radius 2 is 1.67 bits per heavy atom. The summed E-state index contributed by atoms with van der Waals surface area (Å²) in [6, 6.07) is 29.9. The molecule has 7 nitrogen and oxygen atoms in total. The number of H-pyrrole nitrogens is 1. The van der Waals surface area contributed by atoms with E-state index in [1.54, 1.807) is 18.3 Å². The lowest BCUT2D eigenvalue weighted by Crippen LogP contribution is -2.26. The number of hydrogen-bond donors (Lipinski definition) is 2. The first-order valence-corrected chi connectivity index (χ1v) is 18.5. The van der Waals surface area contributed by atoms with Gasteiger partial charge in [-0.25, -0.2) is 13.4 Å². The number of ether oxygens (including phenoxy) is 2. The Kier molecular flexibility index (Phi) is 8.65. The molecule has 3 aromatic carbocycles. The lowest BCUT2D eigenvalue weighted by molar-refractivity contribution is -0.172. The predicted octanol–water partition coefficient (Wildman–Crippen LogP) is 8.24. The fraction of sp³-hybridized carbons (Fsp3) is 0.306. The molecule has 238 valence electrons. The standard InChI is InChI=1S/C36H35ClN2O5S2/c1-46(41,42)32-15-12-26(19-29(32)37)28(30-13-14-31(39-30)35-38-21-27(22-40)45-35)18-23-16-17-36(20-23)43-33(24-8-4-2-5-9-24)34(44-36)25-10-6-3-7-11-25/h2-15,19,21,23,28,33-34,39-40H,16-18,20,22H2,1H3. The lowest BCUT2D eigenvalue weighted by Gasteiger charge is -2.25. The molecule has 2 aliphatic rings. The van der Waals surface area contributed by atoms with Crippen molar-refractivity contribution >= 4 is 32.8 Å². The van der Waals surface area contributed by atoms with Gasteiger partial charge in [0.15, 0.2) is 15.6 Å². The van der Waals surface area contributed by atoms with Gasteiger partial charge in [0.2, 0.25) is 0 Å². The number of aromatic amines is 1. The summed E-state index contributed by atoms with van der Waals surface area (Å²) in [5, 5.41) is 10.6. The molecule has 1 spiro atoms. The van der Waals surface area contributed by atoms with E-state index in [4.69, 9.17) is 21.1 Å². The van der Waals surface area contributed by atoms with Crippen molar-refractivity contribution in [3.63, 3.8) is 0 Å². The van der Waals surface area contributed by atoms with Crippen molar-refractivity contribution in [2.24, 2.45) is 5.92 Å². The van der Waals surface area contributed by atoms with Crippen LogP contribution in [0, 0.1) is 5.92 Å². The monoisotopic (exact) mass is 674 g/mol. The fourth-order valence-corrected chi connectivity index (χ4v) is 9.01. The number of nitrogens with one attached hydrogen (secondary N) is 1. The number of aliphatic hydroxyl groups excluding tert-OH is 1. The lowest BCUT2D eigenvalue weighted by atomic mass is 9.85. The summed E-state index contributed by atoms with van der Waals surface area (Å²) < 4.78 is 38.4. The topological polar surface area (TPSA) is 102 Å². The third-order valence-electron chi connectivity index (χ3n) is 9.10. The number of aromatic nitrogens is 2. The van der Waals surface area contributed by atoms with E-state index >= 15 is 0 Å². The SMILES string of the molecule is CS(=O)(=O)c1ccc(C(CC2CCC3(C2)OC(c2ccccc2)C(c2ccccc2)O3)c2ccc(-c3ncc(CO)s3)[nH]2)cc1Cl. The van der Waals surface area contributed by atoms with Crippen LogP contribution in [0.4, 0.5) is 0 Å². The van der Waals surface area contributed by atoms with E-state index in [0.29, 0.717) is 0 Å². The van der Waals surface area contributed by atoms with Gasteiger partial charge in [0, 0.05) is 36.9 Å². The van der Waals surface area contributed by atoms with Gasteiger partial charge < -0.3 is 19.6 Å². The van der Waals surface area contributed by atoms with Gasteiger partial charge in [-0.1, -0.05) is 78.3 Å². The maximum absolute atomic E-state index is 12.3. The van der Waals surface area contributed by atoms with Crippen molar-refractivity contribution in [3.8, 4) is 10.7 Å². The second-order valence-corrected chi connectivity index (χ2v) is 15.8. The molecule has 1 aliphatic carbocycles. The highest BCUT2D eigenvalue weighted by Crippen LogP contribution is 2.55. The van der Waals surface area contributed by atoms with E-state index in [9.17, 15) is 13.5 Å². The zero-order chi connectivity index (χ0) is 31.9. The van der Waals surface area contributed by atoms with Crippen LogP contribution in [0.2, 0.25) is 5.02 Å². The van der Waals surface area contributed by atoms with Crippen molar-refractivity contribution in [3.05, 3.63) is 129 Å². The number of rotatable bonds is 9. The summed E-state index contributed by atoms with van der Waals surface area (Å²) in [7, 11) is -3.47. The van der Waals surface area contributed by atoms with Crippen LogP contribution in [0.15, 0.2) is 102 Å². The number of benzene rings is 3. The first kappa shape index (κ1) is 31.3. The summed E-state index contributed by atoms with van der Waals surface area (Å²) in [6.45, 7) is -0.0527. The van der Waals surface area contributed by atoms with Crippen LogP contribution < -0.4 is 0 Å². The average Bonchev–Trinajstić information content (AvgIpc) is 3.87. The van der Waals surface area contributed by atoms with E-state index in [-0.39, 0.29) is 40.6 Å². The van der Waals surface area contributed by atoms with E-state index < -0.39 is 15.6 Å². The van der Waals surface area contributed by atoms with E-state index in [1.165, 1.54) is 17.6 Å². The molecule has 7 rings (SSSR count). The summed E-state index contributed by atoms with van der Waals surface area (Å²) in [5.41, 5.74) is 4.98. The second-order valence-electron chi connectivity index (χ2n) is 12.3. The summed E-state index contributed by atoms with van der Waals surface area (Å²) in [4.78, 5) is 8.95. The Balaban J connectivity index is 1.18.